The van der Waals surface area contributed by atoms with Crippen LogP contribution in [0.3, 0.4) is 0 Å². The van der Waals surface area contributed by atoms with Gasteiger partial charge in [-0.2, -0.15) is 0 Å². The molecule has 0 saturated heterocycles. The van der Waals surface area contributed by atoms with Crippen molar-refractivity contribution in [1.82, 2.24) is 4.90 Å². The molecule has 26 heavy (non-hydrogen) atoms. The van der Waals surface area contributed by atoms with E-state index in [4.69, 9.17) is 9.47 Å². The summed E-state index contributed by atoms with van der Waals surface area (Å²) in [5.74, 6) is 1.21. The van der Waals surface area contributed by atoms with E-state index in [1.807, 2.05) is 12.1 Å². The highest BCUT2D eigenvalue weighted by Crippen LogP contribution is 2.33. The zero-order valence-corrected chi connectivity index (χ0v) is 14.6. The predicted molar refractivity (Wildman–Crippen MR) is 90.5 cm³/mol. The summed E-state index contributed by atoms with van der Waals surface area (Å²) >= 11 is 0. The Hall–Kier alpha value is -2.41. The van der Waals surface area contributed by atoms with Crippen LogP contribution in [0.25, 0.3) is 0 Å². The molecule has 0 bridgehead atoms. The number of hydrogen-bond acceptors (Lipinski definition) is 4. The molecule has 0 fully saturated rings. The van der Waals surface area contributed by atoms with Crippen LogP contribution in [0, 0.1) is 0 Å². The molecule has 2 aromatic carbocycles. The van der Waals surface area contributed by atoms with Gasteiger partial charge in [0.05, 0.1) is 14.2 Å². The fourth-order valence-corrected chi connectivity index (χ4v) is 3.13. The monoisotopic (exact) mass is 367 g/mol. The molecule has 0 atom stereocenters. The van der Waals surface area contributed by atoms with Crippen molar-refractivity contribution in [2.75, 3.05) is 20.8 Å². The lowest BCUT2D eigenvalue weighted by Gasteiger charge is -2.29. The van der Waals surface area contributed by atoms with Gasteiger partial charge in [-0.25, -0.2) is 0 Å². The fraction of sp³-hybridized carbons (Fsp3) is 0.368. The van der Waals surface area contributed by atoms with E-state index >= 15 is 0 Å². The van der Waals surface area contributed by atoms with Crippen molar-refractivity contribution in [2.24, 2.45) is 0 Å². The van der Waals surface area contributed by atoms with Crippen LogP contribution in [-0.2, 0) is 19.5 Å². The lowest BCUT2D eigenvalue weighted by atomic mass is 9.98. The van der Waals surface area contributed by atoms with Gasteiger partial charge in [0.25, 0.3) is 0 Å². The van der Waals surface area contributed by atoms with Gasteiger partial charge in [-0.1, -0.05) is 12.1 Å². The first kappa shape index (κ1) is 18.4. The molecule has 0 saturated carbocycles. The average Bonchev–Trinajstić information content (AvgIpc) is 2.61. The Kier molecular flexibility index (Phi) is 5.27. The Labute approximate surface area is 150 Å². The summed E-state index contributed by atoms with van der Waals surface area (Å²) in [6.45, 7) is 2.26. The largest absolute Gasteiger partial charge is 0.573 e. The molecule has 140 valence electrons. The molecule has 0 aliphatic carbocycles. The molecule has 7 heteroatoms. The average molecular weight is 367 g/mol. The van der Waals surface area contributed by atoms with Gasteiger partial charge in [0.2, 0.25) is 0 Å². The van der Waals surface area contributed by atoms with Gasteiger partial charge < -0.3 is 14.2 Å². The molecule has 1 heterocycles. The van der Waals surface area contributed by atoms with Crippen molar-refractivity contribution in [1.29, 1.82) is 0 Å². The molecule has 0 amide bonds. The van der Waals surface area contributed by atoms with Crippen LogP contribution >= 0.6 is 0 Å². The fourth-order valence-electron chi connectivity index (χ4n) is 3.13. The Morgan fingerprint density at radius 2 is 1.58 bits per heavy atom. The number of methoxy groups -OCH3 is 2. The van der Waals surface area contributed by atoms with E-state index in [-0.39, 0.29) is 5.75 Å². The van der Waals surface area contributed by atoms with Gasteiger partial charge in [-0.05, 0) is 47.4 Å². The highest BCUT2D eigenvalue weighted by molar-refractivity contribution is 5.48. The minimum atomic E-state index is -4.67. The van der Waals surface area contributed by atoms with Gasteiger partial charge in [-0.3, -0.25) is 4.90 Å². The van der Waals surface area contributed by atoms with E-state index in [2.05, 4.69) is 9.64 Å². The van der Waals surface area contributed by atoms with Crippen LogP contribution in [0.2, 0.25) is 0 Å². The zero-order valence-electron chi connectivity index (χ0n) is 14.6. The molecular formula is C19H20F3NO3. The van der Waals surface area contributed by atoms with Crippen molar-refractivity contribution in [2.45, 2.75) is 25.9 Å². The lowest BCUT2D eigenvalue weighted by molar-refractivity contribution is -0.274. The van der Waals surface area contributed by atoms with Crippen molar-refractivity contribution < 1.29 is 27.4 Å². The molecule has 0 unspecified atom stereocenters. The Bertz CT molecular complexity index is 760. The summed E-state index contributed by atoms with van der Waals surface area (Å²) in [7, 11) is 3.22. The van der Waals surface area contributed by atoms with Crippen LogP contribution in [0.4, 0.5) is 13.2 Å². The molecule has 0 N–H and O–H groups in total. The molecule has 0 spiro atoms. The summed E-state index contributed by atoms with van der Waals surface area (Å²) in [5, 5.41) is 0. The normalized spacial score (nSPS) is 14.7. The summed E-state index contributed by atoms with van der Waals surface area (Å²) in [6.07, 6.45) is -3.79. The summed E-state index contributed by atoms with van der Waals surface area (Å²) < 4.78 is 51.3. The van der Waals surface area contributed by atoms with Crippen LogP contribution in [0.5, 0.6) is 17.2 Å². The summed E-state index contributed by atoms with van der Waals surface area (Å²) in [4.78, 5) is 2.24. The number of rotatable bonds is 5. The second kappa shape index (κ2) is 7.45. The van der Waals surface area contributed by atoms with E-state index in [9.17, 15) is 13.2 Å². The van der Waals surface area contributed by atoms with E-state index in [1.165, 1.54) is 23.3 Å². The predicted octanol–water partition coefficient (Wildman–Crippen LogP) is 4.16. The molecule has 3 rings (SSSR count). The highest BCUT2D eigenvalue weighted by atomic mass is 19.4. The third-order valence-electron chi connectivity index (χ3n) is 4.36. The molecular weight excluding hydrogens is 347 g/mol. The molecule has 1 aliphatic heterocycles. The number of fused-ring (bicyclic) bond motifs is 1. The van der Waals surface area contributed by atoms with Crippen LogP contribution < -0.4 is 14.2 Å². The van der Waals surface area contributed by atoms with E-state index in [1.54, 1.807) is 26.4 Å². The highest BCUT2D eigenvalue weighted by Gasteiger charge is 2.31. The third-order valence-corrected chi connectivity index (χ3v) is 4.36. The van der Waals surface area contributed by atoms with Crippen LogP contribution in [0.15, 0.2) is 36.4 Å². The van der Waals surface area contributed by atoms with Gasteiger partial charge in [0, 0.05) is 19.6 Å². The Morgan fingerprint density at radius 1 is 0.962 bits per heavy atom. The summed E-state index contributed by atoms with van der Waals surface area (Å²) in [6, 6.07) is 10.00. The van der Waals surface area contributed by atoms with E-state index in [0.717, 1.165) is 30.8 Å². The minimum Gasteiger partial charge on any atom is -0.493 e. The second-order valence-electron chi connectivity index (χ2n) is 6.13. The van der Waals surface area contributed by atoms with Gasteiger partial charge in [-0.15, -0.1) is 13.2 Å². The molecule has 0 radical (unpaired) electrons. The zero-order chi connectivity index (χ0) is 18.7. The third kappa shape index (κ3) is 4.40. The standard InChI is InChI=1S/C19H20F3NO3/c1-24-17-9-14-7-8-23(12-15(14)10-18(17)25-2)11-13-3-5-16(6-4-13)26-19(20,21)22/h3-6,9-10H,7-8,11-12H2,1-2H3. The number of benzene rings is 2. The molecule has 0 aromatic heterocycles. The van der Waals surface area contributed by atoms with Gasteiger partial charge >= 0.3 is 6.36 Å². The maximum absolute atomic E-state index is 12.2. The first-order valence-electron chi connectivity index (χ1n) is 8.19. The quantitative estimate of drug-likeness (QED) is 0.794. The number of ether oxygens (including phenoxy) is 3. The smallest absolute Gasteiger partial charge is 0.493 e. The SMILES string of the molecule is COc1cc2c(cc1OC)CN(Cc1ccc(OC(F)(F)F)cc1)CC2. The van der Waals surface area contributed by atoms with Crippen LogP contribution in [-0.4, -0.2) is 32.0 Å². The number of alkyl halides is 3. The molecule has 4 nitrogen and oxygen atoms in total. The first-order chi connectivity index (χ1) is 12.4. The Morgan fingerprint density at radius 3 is 2.15 bits per heavy atom. The van der Waals surface area contributed by atoms with E-state index in [0.29, 0.717) is 12.3 Å². The number of hydrogen-bond donors (Lipinski definition) is 0. The van der Waals surface area contributed by atoms with Crippen LogP contribution in [0.1, 0.15) is 16.7 Å². The Balaban J connectivity index is 1.67. The minimum absolute atomic E-state index is 0.206. The maximum atomic E-state index is 12.2. The van der Waals surface area contributed by atoms with Crippen molar-refractivity contribution >= 4 is 0 Å². The maximum Gasteiger partial charge on any atom is 0.573 e. The number of halogens is 3. The molecule has 1 aliphatic rings. The first-order valence-corrected chi connectivity index (χ1v) is 8.19. The second-order valence-corrected chi connectivity index (χ2v) is 6.13. The topological polar surface area (TPSA) is 30.9 Å². The van der Waals surface area contributed by atoms with Crippen molar-refractivity contribution in [3.63, 3.8) is 0 Å². The van der Waals surface area contributed by atoms with E-state index < -0.39 is 6.36 Å². The lowest BCUT2D eigenvalue weighted by Crippen LogP contribution is -2.30. The number of nitrogens with zero attached hydrogens (tertiary/aromatic N) is 1. The van der Waals surface area contributed by atoms with Crippen molar-refractivity contribution in [3.05, 3.63) is 53.1 Å². The van der Waals surface area contributed by atoms with Gasteiger partial charge in [0.15, 0.2) is 11.5 Å². The van der Waals surface area contributed by atoms with Crippen molar-refractivity contribution in [3.8, 4) is 17.2 Å². The van der Waals surface area contributed by atoms with Gasteiger partial charge in [0.1, 0.15) is 5.75 Å². The summed E-state index contributed by atoms with van der Waals surface area (Å²) in [5.41, 5.74) is 3.34. The molecule has 2 aromatic rings.